The van der Waals surface area contributed by atoms with E-state index in [-0.39, 0.29) is 12.2 Å². The molecule has 224 valence electrons. The van der Waals surface area contributed by atoms with Crippen LogP contribution >= 0.6 is 22.9 Å². The molecule has 0 fully saturated rings. The summed E-state index contributed by atoms with van der Waals surface area (Å²) in [6.07, 6.45) is 1.95. The second-order valence-corrected chi connectivity index (χ2v) is 11.9. The minimum absolute atomic E-state index is 0.216. The summed E-state index contributed by atoms with van der Waals surface area (Å²) in [7, 11) is 0. The van der Waals surface area contributed by atoms with Crippen molar-refractivity contribution in [1.82, 2.24) is 9.13 Å². The van der Waals surface area contributed by atoms with Gasteiger partial charge in [0.05, 0.1) is 35.1 Å². The fraction of sp³-hybridized carbons (Fsp3) is 0.229. The highest BCUT2D eigenvalue weighted by Gasteiger charge is 2.33. The van der Waals surface area contributed by atoms with E-state index >= 15 is 0 Å². The number of benzene rings is 3. The van der Waals surface area contributed by atoms with Crippen molar-refractivity contribution in [2.24, 2.45) is 4.99 Å². The molecule has 1 aliphatic rings. The van der Waals surface area contributed by atoms with E-state index in [1.807, 2.05) is 73.7 Å². The standard InChI is InChI=1S/C35H32ClN3O4S/c1-5-42-25-17-15-23(16-18-25)32-31(34(41)43-6-2)21(3)37-35-39(32)33(40)30(44-35)19-27-22(4)38(29-14-10-8-12-26(27)29)20-24-11-7-9-13-28(24)36/h7-19,32H,5-6,20H2,1-4H3/b30-19-/t32-/m0/s1. The first-order valence-electron chi connectivity index (χ1n) is 14.6. The van der Waals surface area contributed by atoms with Gasteiger partial charge in [-0.25, -0.2) is 9.79 Å². The largest absolute Gasteiger partial charge is 0.494 e. The molecule has 44 heavy (non-hydrogen) atoms. The van der Waals surface area contributed by atoms with Crippen molar-refractivity contribution in [2.45, 2.75) is 40.3 Å². The number of para-hydroxylation sites is 1. The van der Waals surface area contributed by atoms with Gasteiger partial charge in [-0.2, -0.15) is 0 Å². The van der Waals surface area contributed by atoms with Crippen molar-refractivity contribution in [3.05, 3.63) is 131 Å². The Kier molecular flexibility index (Phi) is 8.29. The van der Waals surface area contributed by atoms with Gasteiger partial charge in [-0.05, 0) is 69.2 Å². The zero-order valence-corrected chi connectivity index (χ0v) is 26.5. The number of esters is 1. The Morgan fingerprint density at radius 1 is 1.00 bits per heavy atom. The molecule has 0 N–H and O–H groups in total. The van der Waals surface area contributed by atoms with Gasteiger partial charge in [0, 0.05) is 33.7 Å². The van der Waals surface area contributed by atoms with E-state index < -0.39 is 12.0 Å². The predicted molar refractivity (Wildman–Crippen MR) is 175 cm³/mol. The normalized spacial score (nSPS) is 14.9. The number of nitrogens with zero attached hydrogens (tertiary/aromatic N) is 3. The molecule has 0 amide bonds. The third-order valence-corrected chi connectivity index (χ3v) is 9.22. The molecule has 1 aliphatic heterocycles. The summed E-state index contributed by atoms with van der Waals surface area (Å²) in [5.74, 6) is 0.228. The Morgan fingerprint density at radius 2 is 1.73 bits per heavy atom. The molecule has 7 nitrogen and oxygen atoms in total. The van der Waals surface area contributed by atoms with E-state index in [0.29, 0.717) is 44.5 Å². The molecule has 6 rings (SSSR count). The highest BCUT2D eigenvalue weighted by atomic mass is 35.5. The van der Waals surface area contributed by atoms with Crippen LogP contribution in [0, 0.1) is 6.92 Å². The van der Waals surface area contributed by atoms with Gasteiger partial charge in [0.15, 0.2) is 4.80 Å². The molecule has 0 spiro atoms. The Labute approximate surface area is 264 Å². The van der Waals surface area contributed by atoms with Crippen LogP contribution in [0.15, 0.2) is 93.9 Å². The lowest BCUT2D eigenvalue weighted by Crippen LogP contribution is -2.39. The van der Waals surface area contributed by atoms with Crippen LogP contribution in [-0.4, -0.2) is 28.3 Å². The summed E-state index contributed by atoms with van der Waals surface area (Å²) in [5.41, 5.74) is 5.47. The first-order chi connectivity index (χ1) is 21.3. The van der Waals surface area contributed by atoms with E-state index in [1.165, 1.54) is 11.3 Å². The maximum atomic E-state index is 14.3. The molecule has 0 aliphatic carbocycles. The molecule has 0 bridgehead atoms. The maximum absolute atomic E-state index is 14.3. The monoisotopic (exact) mass is 625 g/mol. The summed E-state index contributed by atoms with van der Waals surface area (Å²) in [6.45, 7) is 8.89. The molecule has 0 radical (unpaired) electrons. The predicted octanol–water partition coefficient (Wildman–Crippen LogP) is 6.16. The molecule has 0 saturated carbocycles. The summed E-state index contributed by atoms with van der Waals surface area (Å²) in [4.78, 5) is 32.8. The molecule has 0 saturated heterocycles. The lowest BCUT2D eigenvalue weighted by atomic mass is 9.96. The zero-order chi connectivity index (χ0) is 31.0. The molecule has 5 aromatic rings. The lowest BCUT2D eigenvalue weighted by Gasteiger charge is -2.24. The summed E-state index contributed by atoms with van der Waals surface area (Å²) >= 11 is 7.85. The fourth-order valence-corrected chi connectivity index (χ4v) is 7.02. The van der Waals surface area contributed by atoms with Crippen LogP contribution in [0.25, 0.3) is 17.0 Å². The quantitative estimate of drug-likeness (QED) is 0.194. The van der Waals surface area contributed by atoms with Crippen molar-refractivity contribution in [1.29, 1.82) is 0 Å². The second kappa shape index (κ2) is 12.3. The number of hydrogen-bond acceptors (Lipinski definition) is 6. The molecular formula is C35H32ClN3O4S. The number of hydrogen-bond donors (Lipinski definition) is 0. The highest BCUT2D eigenvalue weighted by molar-refractivity contribution is 7.07. The van der Waals surface area contributed by atoms with Gasteiger partial charge in [-0.1, -0.05) is 71.5 Å². The van der Waals surface area contributed by atoms with Crippen LogP contribution in [0.4, 0.5) is 0 Å². The fourth-order valence-electron chi connectivity index (χ4n) is 5.79. The molecule has 3 heterocycles. The van der Waals surface area contributed by atoms with E-state index in [1.54, 1.807) is 18.4 Å². The number of carbonyl (C=O) groups is 1. The Morgan fingerprint density at radius 3 is 2.45 bits per heavy atom. The van der Waals surface area contributed by atoms with Gasteiger partial charge in [0.1, 0.15) is 5.75 Å². The minimum Gasteiger partial charge on any atom is -0.494 e. The average Bonchev–Trinajstić information content (AvgIpc) is 3.46. The van der Waals surface area contributed by atoms with Crippen LogP contribution < -0.4 is 19.6 Å². The smallest absolute Gasteiger partial charge is 0.338 e. The number of allylic oxidation sites excluding steroid dienone is 1. The third kappa shape index (κ3) is 5.29. The number of thiazole rings is 1. The van der Waals surface area contributed by atoms with Gasteiger partial charge in [-0.3, -0.25) is 9.36 Å². The molecule has 0 unspecified atom stereocenters. The van der Waals surface area contributed by atoms with Crippen molar-refractivity contribution >= 4 is 45.9 Å². The second-order valence-electron chi connectivity index (χ2n) is 10.5. The van der Waals surface area contributed by atoms with Crippen LogP contribution in [0.1, 0.15) is 49.2 Å². The number of carbonyl (C=O) groups excluding carboxylic acids is 1. The van der Waals surface area contributed by atoms with Crippen LogP contribution in [-0.2, 0) is 16.1 Å². The Hall–Kier alpha value is -4.40. The van der Waals surface area contributed by atoms with Gasteiger partial charge in [-0.15, -0.1) is 0 Å². The molecular weight excluding hydrogens is 594 g/mol. The summed E-state index contributed by atoms with van der Waals surface area (Å²) in [6, 6.07) is 22.8. The minimum atomic E-state index is -0.689. The van der Waals surface area contributed by atoms with Crippen LogP contribution in [0.3, 0.4) is 0 Å². The Bertz CT molecular complexity index is 2100. The van der Waals surface area contributed by atoms with Crippen molar-refractivity contribution in [3.8, 4) is 5.75 Å². The number of aromatic nitrogens is 2. The molecule has 3 aromatic carbocycles. The van der Waals surface area contributed by atoms with Gasteiger partial charge >= 0.3 is 5.97 Å². The van der Waals surface area contributed by atoms with E-state index in [9.17, 15) is 9.59 Å². The number of rotatable bonds is 8. The van der Waals surface area contributed by atoms with Gasteiger partial charge < -0.3 is 14.0 Å². The highest BCUT2D eigenvalue weighted by Crippen LogP contribution is 2.32. The van der Waals surface area contributed by atoms with Crippen molar-refractivity contribution < 1.29 is 14.3 Å². The van der Waals surface area contributed by atoms with Crippen LogP contribution in [0.5, 0.6) is 5.75 Å². The molecule has 9 heteroatoms. The maximum Gasteiger partial charge on any atom is 0.338 e. The zero-order valence-electron chi connectivity index (χ0n) is 25.0. The van der Waals surface area contributed by atoms with Crippen LogP contribution in [0.2, 0.25) is 5.02 Å². The topological polar surface area (TPSA) is 74.8 Å². The number of ether oxygens (including phenoxy) is 2. The van der Waals surface area contributed by atoms with E-state index in [4.69, 9.17) is 26.1 Å². The number of fused-ring (bicyclic) bond motifs is 2. The van der Waals surface area contributed by atoms with E-state index in [0.717, 1.165) is 33.3 Å². The first-order valence-corrected chi connectivity index (χ1v) is 15.8. The van der Waals surface area contributed by atoms with Gasteiger partial charge in [0.25, 0.3) is 5.56 Å². The first kappa shape index (κ1) is 29.7. The average molecular weight is 626 g/mol. The SMILES string of the molecule is CCOC(=O)C1=C(C)N=c2s/c(=C\c3c(C)n(Cc4ccccc4Cl)c4ccccc34)c(=O)n2[C@H]1c1ccc(OCC)cc1. The molecule has 1 atom stereocenters. The van der Waals surface area contributed by atoms with Crippen molar-refractivity contribution in [3.63, 3.8) is 0 Å². The van der Waals surface area contributed by atoms with E-state index in [2.05, 4.69) is 23.6 Å². The van der Waals surface area contributed by atoms with Crippen molar-refractivity contribution in [2.75, 3.05) is 13.2 Å². The summed E-state index contributed by atoms with van der Waals surface area (Å²) in [5, 5.41) is 1.75. The molecule has 2 aromatic heterocycles. The Balaban J connectivity index is 1.53. The lowest BCUT2D eigenvalue weighted by molar-refractivity contribution is -0.139. The third-order valence-electron chi connectivity index (χ3n) is 7.87. The summed E-state index contributed by atoms with van der Waals surface area (Å²) < 4.78 is 15.4. The van der Waals surface area contributed by atoms with Gasteiger partial charge in [0.2, 0.25) is 0 Å². The number of halogens is 1.